The second-order valence-corrected chi connectivity index (χ2v) is 4.78. The summed E-state index contributed by atoms with van der Waals surface area (Å²) in [6.07, 6.45) is 0. The van der Waals surface area contributed by atoms with Crippen LogP contribution in [0.1, 0.15) is 20.8 Å². The van der Waals surface area contributed by atoms with Gasteiger partial charge in [0.05, 0.1) is 12.1 Å². The van der Waals surface area contributed by atoms with Crippen LogP contribution >= 0.6 is 11.3 Å². The van der Waals surface area contributed by atoms with Crippen molar-refractivity contribution in [3.8, 4) is 0 Å². The third-order valence-corrected chi connectivity index (χ3v) is 3.25. The molecule has 0 fully saturated rings. The molecule has 0 saturated carbocycles. The minimum atomic E-state index is -0.478. The van der Waals surface area contributed by atoms with Crippen LogP contribution in [0.2, 0.25) is 0 Å². The molecule has 2 nitrogen and oxygen atoms in total. The molecule has 0 saturated heterocycles. The molecule has 17 heavy (non-hydrogen) atoms. The van der Waals surface area contributed by atoms with Crippen LogP contribution in [0.5, 0.6) is 0 Å². The van der Waals surface area contributed by atoms with Crippen molar-refractivity contribution in [2.45, 2.75) is 13.5 Å². The van der Waals surface area contributed by atoms with Crippen LogP contribution in [0.25, 0.3) is 0 Å². The maximum absolute atomic E-state index is 13.5. The maximum Gasteiger partial charge on any atom is 0.254 e. The molecule has 0 atom stereocenters. The van der Waals surface area contributed by atoms with Gasteiger partial charge in [-0.15, -0.1) is 11.3 Å². The van der Waals surface area contributed by atoms with Crippen LogP contribution in [0.3, 0.4) is 0 Å². The first-order valence-electron chi connectivity index (χ1n) is 5.23. The summed E-state index contributed by atoms with van der Waals surface area (Å²) in [5.41, 5.74) is 0.893. The average molecular weight is 249 g/mol. The van der Waals surface area contributed by atoms with Gasteiger partial charge in [0.25, 0.3) is 5.91 Å². The Morgan fingerprint density at radius 3 is 2.88 bits per heavy atom. The van der Waals surface area contributed by atoms with Crippen LogP contribution in [-0.2, 0) is 6.54 Å². The first kappa shape index (κ1) is 11.8. The van der Waals surface area contributed by atoms with Crippen molar-refractivity contribution in [2.75, 3.05) is 0 Å². The lowest BCUT2D eigenvalue weighted by atomic mass is 10.1. The van der Waals surface area contributed by atoms with Gasteiger partial charge in [0.15, 0.2) is 0 Å². The van der Waals surface area contributed by atoms with E-state index in [1.54, 1.807) is 24.3 Å². The van der Waals surface area contributed by atoms with Gasteiger partial charge in [-0.05, 0) is 36.1 Å². The number of nitrogens with one attached hydrogen (secondary N) is 1. The van der Waals surface area contributed by atoms with E-state index in [0.29, 0.717) is 6.54 Å². The van der Waals surface area contributed by atoms with Crippen LogP contribution in [0.4, 0.5) is 4.39 Å². The third-order valence-electron chi connectivity index (χ3n) is 2.37. The minimum Gasteiger partial charge on any atom is -0.347 e. The highest BCUT2D eigenvalue weighted by molar-refractivity contribution is 7.09. The molecule has 1 aromatic heterocycles. The molecule has 88 valence electrons. The van der Waals surface area contributed by atoms with Crippen molar-refractivity contribution >= 4 is 17.2 Å². The predicted octanol–water partition coefficient (Wildman–Crippen LogP) is 3.13. The Balaban J connectivity index is 2.04. The lowest BCUT2D eigenvalue weighted by Crippen LogP contribution is -2.23. The molecule has 0 aliphatic carbocycles. The van der Waals surface area contributed by atoms with E-state index in [1.807, 2.05) is 17.5 Å². The van der Waals surface area contributed by atoms with Crippen LogP contribution in [0.15, 0.2) is 35.7 Å². The number of rotatable bonds is 3. The van der Waals surface area contributed by atoms with E-state index in [2.05, 4.69) is 5.32 Å². The zero-order chi connectivity index (χ0) is 12.3. The van der Waals surface area contributed by atoms with Gasteiger partial charge < -0.3 is 5.32 Å². The van der Waals surface area contributed by atoms with E-state index in [4.69, 9.17) is 0 Å². The number of aryl methyl sites for hydroxylation is 1. The largest absolute Gasteiger partial charge is 0.347 e. The number of benzene rings is 1. The van der Waals surface area contributed by atoms with Crippen molar-refractivity contribution in [1.82, 2.24) is 5.32 Å². The summed E-state index contributed by atoms with van der Waals surface area (Å²) in [7, 11) is 0. The number of hydrogen-bond donors (Lipinski definition) is 1. The predicted molar refractivity (Wildman–Crippen MR) is 66.6 cm³/mol. The number of amides is 1. The Kier molecular flexibility index (Phi) is 3.54. The molecular weight excluding hydrogens is 237 g/mol. The van der Waals surface area contributed by atoms with E-state index in [9.17, 15) is 9.18 Å². The van der Waals surface area contributed by atoms with Gasteiger partial charge in [0, 0.05) is 4.88 Å². The molecule has 1 amide bonds. The van der Waals surface area contributed by atoms with E-state index in [1.165, 1.54) is 12.1 Å². The van der Waals surface area contributed by atoms with E-state index < -0.39 is 5.82 Å². The highest BCUT2D eigenvalue weighted by Gasteiger charge is 2.11. The lowest BCUT2D eigenvalue weighted by molar-refractivity contribution is 0.0947. The molecule has 0 aliphatic rings. The summed E-state index contributed by atoms with van der Waals surface area (Å²) in [5, 5.41) is 4.63. The van der Waals surface area contributed by atoms with E-state index >= 15 is 0 Å². The SMILES string of the molecule is Cc1ccc(C(=O)NCc2cccs2)c(F)c1. The first-order valence-corrected chi connectivity index (χ1v) is 6.11. The first-order chi connectivity index (χ1) is 8.16. The van der Waals surface area contributed by atoms with Crippen molar-refractivity contribution < 1.29 is 9.18 Å². The van der Waals surface area contributed by atoms with Gasteiger partial charge in [0.1, 0.15) is 5.82 Å². The highest BCUT2D eigenvalue weighted by atomic mass is 32.1. The number of thiophene rings is 1. The van der Waals surface area contributed by atoms with Gasteiger partial charge in [-0.25, -0.2) is 4.39 Å². The zero-order valence-corrected chi connectivity index (χ0v) is 10.2. The highest BCUT2D eigenvalue weighted by Crippen LogP contribution is 2.11. The van der Waals surface area contributed by atoms with Crippen molar-refractivity contribution in [3.05, 3.63) is 57.5 Å². The van der Waals surface area contributed by atoms with Gasteiger partial charge in [0.2, 0.25) is 0 Å². The van der Waals surface area contributed by atoms with Crippen molar-refractivity contribution in [1.29, 1.82) is 0 Å². The molecule has 0 spiro atoms. The van der Waals surface area contributed by atoms with Gasteiger partial charge in [-0.2, -0.15) is 0 Å². The van der Waals surface area contributed by atoms with Crippen LogP contribution in [0, 0.1) is 12.7 Å². The fourth-order valence-electron chi connectivity index (χ4n) is 1.48. The fourth-order valence-corrected chi connectivity index (χ4v) is 2.12. The molecule has 1 heterocycles. The summed E-state index contributed by atoms with van der Waals surface area (Å²) >= 11 is 1.56. The smallest absolute Gasteiger partial charge is 0.254 e. The normalized spacial score (nSPS) is 10.2. The molecule has 0 unspecified atom stereocenters. The van der Waals surface area contributed by atoms with Gasteiger partial charge in [-0.3, -0.25) is 4.79 Å². The molecule has 1 N–H and O–H groups in total. The Morgan fingerprint density at radius 2 is 2.24 bits per heavy atom. The minimum absolute atomic E-state index is 0.0900. The lowest BCUT2D eigenvalue weighted by Gasteiger charge is -2.05. The van der Waals surface area contributed by atoms with Crippen LogP contribution in [-0.4, -0.2) is 5.91 Å². The molecule has 2 aromatic rings. The second-order valence-electron chi connectivity index (χ2n) is 3.75. The van der Waals surface area contributed by atoms with E-state index in [0.717, 1.165) is 10.4 Å². The maximum atomic E-state index is 13.5. The van der Waals surface area contributed by atoms with Gasteiger partial charge >= 0.3 is 0 Å². The summed E-state index contributed by atoms with van der Waals surface area (Å²) in [6.45, 7) is 2.22. The number of carbonyl (C=O) groups is 1. The number of hydrogen-bond acceptors (Lipinski definition) is 2. The Labute approximate surface area is 103 Å². The summed E-state index contributed by atoms with van der Waals surface area (Å²) < 4.78 is 13.5. The quantitative estimate of drug-likeness (QED) is 0.889. The molecule has 1 aromatic carbocycles. The molecular formula is C13H12FNOS. The zero-order valence-electron chi connectivity index (χ0n) is 9.37. The summed E-state index contributed by atoms with van der Waals surface area (Å²) in [5.74, 6) is -0.857. The Bertz CT molecular complexity index is 522. The monoisotopic (exact) mass is 249 g/mol. The molecule has 4 heteroatoms. The van der Waals surface area contributed by atoms with Gasteiger partial charge in [-0.1, -0.05) is 12.1 Å². The topological polar surface area (TPSA) is 29.1 Å². The van der Waals surface area contributed by atoms with Crippen molar-refractivity contribution in [2.24, 2.45) is 0 Å². The Hall–Kier alpha value is -1.68. The van der Waals surface area contributed by atoms with E-state index in [-0.39, 0.29) is 11.5 Å². The second kappa shape index (κ2) is 5.10. The number of carbonyl (C=O) groups excluding carboxylic acids is 1. The molecule has 0 bridgehead atoms. The molecule has 0 radical (unpaired) electrons. The standard InChI is InChI=1S/C13H12FNOS/c1-9-4-5-11(12(14)7-9)13(16)15-8-10-3-2-6-17-10/h2-7H,8H2,1H3,(H,15,16). The summed E-state index contributed by atoms with van der Waals surface area (Å²) in [6, 6.07) is 8.44. The van der Waals surface area contributed by atoms with Crippen molar-refractivity contribution in [3.63, 3.8) is 0 Å². The fraction of sp³-hybridized carbons (Fsp3) is 0.154. The average Bonchev–Trinajstić information content (AvgIpc) is 2.78. The third kappa shape index (κ3) is 2.91. The molecule has 2 rings (SSSR count). The molecule has 0 aliphatic heterocycles. The summed E-state index contributed by atoms with van der Waals surface area (Å²) in [4.78, 5) is 12.8. The van der Waals surface area contributed by atoms with Crippen LogP contribution < -0.4 is 5.32 Å². The Morgan fingerprint density at radius 1 is 1.41 bits per heavy atom. The number of halogens is 1.